The van der Waals surface area contributed by atoms with E-state index in [0.717, 1.165) is 10.9 Å². The molecule has 238 valence electrons. The summed E-state index contributed by atoms with van der Waals surface area (Å²) in [5, 5.41) is 13.6. The number of Topliss-reactive ketones (excluding diaryl/α,β-unsaturated/α-hetero) is 1. The van der Waals surface area contributed by atoms with Crippen LogP contribution in [0.15, 0.2) is 64.8 Å². The largest absolute Gasteiger partial charge is 0.493 e. The summed E-state index contributed by atoms with van der Waals surface area (Å²) in [5.41, 5.74) is -1.53. The van der Waals surface area contributed by atoms with Gasteiger partial charge >= 0.3 is 12.1 Å². The fraction of sp³-hybridized carbons (Fsp3) is 0.455. The van der Waals surface area contributed by atoms with E-state index < -0.39 is 52.6 Å². The lowest BCUT2D eigenvalue weighted by Gasteiger charge is -2.34. The van der Waals surface area contributed by atoms with Crippen LogP contribution in [0.2, 0.25) is 0 Å². The van der Waals surface area contributed by atoms with Gasteiger partial charge in [0.15, 0.2) is 5.69 Å². The van der Waals surface area contributed by atoms with E-state index >= 15 is 0 Å². The molecule has 1 unspecified atom stereocenters. The molecule has 2 fully saturated rings. The Morgan fingerprint density at radius 1 is 1.18 bits per heavy atom. The van der Waals surface area contributed by atoms with Gasteiger partial charge in [0.05, 0.1) is 35.4 Å². The maximum atomic E-state index is 14.7. The number of halogens is 3. The van der Waals surface area contributed by atoms with Crippen molar-refractivity contribution in [3.8, 4) is 5.75 Å². The minimum absolute atomic E-state index is 0.00393. The Morgan fingerprint density at radius 3 is 2.49 bits per heavy atom. The van der Waals surface area contributed by atoms with Gasteiger partial charge in [0, 0.05) is 12.5 Å². The number of hydrogen-bond donors (Lipinski definition) is 1. The van der Waals surface area contributed by atoms with Gasteiger partial charge in [-0.15, -0.1) is 4.99 Å². The van der Waals surface area contributed by atoms with Gasteiger partial charge in [-0.3, -0.25) is 19.1 Å². The minimum atomic E-state index is -4.93. The number of hydrogen-bond acceptors (Lipinski definition) is 6. The van der Waals surface area contributed by atoms with Crippen molar-refractivity contribution in [1.29, 1.82) is 0 Å². The predicted molar refractivity (Wildman–Crippen MR) is 160 cm³/mol. The topological polar surface area (TPSA) is 114 Å². The van der Waals surface area contributed by atoms with E-state index in [4.69, 9.17) is 4.74 Å². The zero-order chi connectivity index (χ0) is 32.5. The molecule has 3 aliphatic rings. The van der Waals surface area contributed by atoms with E-state index in [-0.39, 0.29) is 51.2 Å². The molecule has 0 spiro atoms. The van der Waals surface area contributed by atoms with Gasteiger partial charge in [0.1, 0.15) is 35.7 Å². The number of allylic oxidation sites excluding steroid dienone is 1. The van der Waals surface area contributed by atoms with Gasteiger partial charge < -0.3 is 14.7 Å². The number of carbonyl (C=O) groups excluding carboxylic acids is 2. The van der Waals surface area contributed by atoms with E-state index in [9.17, 15) is 32.7 Å². The molecule has 9 nitrogen and oxygen atoms in total. The third-order valence-corrected chi connectivity index (χ3v) is 9.13. The van der Waals surface area contributed by atoms with E-state index in [1.807, 2.05) is 25.1 Å². The minimum Gasteiger partial charge on any atom is -0.493 e. The highest BCUT2D eigenvalue weighted by Crippen LogP contribution is 2.44. The molecule has 45 heavy (non-hydrogen) atoms. The fourth-order valence-corrected chi connectivity index (χ4v) is 6.48. The van der Waals surface area contributed by atoms with Gasteiger partial charge in [-0.25, -0.2) is 0 Å². The first-order valence-electron chi connectivity index (χ1n) is 15.0. The lowest BCUT2D eigenvalue weighted by atomic mass is 9.74. The van der Waals surface area contributed by atoms with E-state index in [0.29, 0.717) is 28.9 Å². The van der Waals surface area contributed by atoms with Gasteiger partial charge in [-0.2, -0.15) is 18.3 Å². The molecular formula is C33H36F3N4O5+. The smallest absolute Gasteiger partial charge is 0.433 e. The standard InChI is InChI=1S/C33H35F3N4O5/c1-4-22-16-37-15-20(2)27(22)28(41)26-14-21(19-45-24-8-6-5-7-9-24)18-39(26)30(42)25-17-38-40(29(25)33(34,35)36)23-10-12-32(3,13-11-23)31(43)44/h5-9,15-17,21,23,26H,2,4,10-14,18-19H2,1,3H3/p+1/t21?,23?,26-,32?/m1/s1. The summed E-state index contributed by atoms with van der Waals surface area (Å²) in [5.74, 6) is -2.08. The number of aliphatic imine (C=N–C) groups is 1. The molecule has 3 heterocycles. The molecule has 2 aliphatic heterocycles. The zero-order valence-corrected chi connectivity index (χ0v) is 25.2. The Kier molecular flexibility index (Phi) is 8.95. The molecule has 0 bridgehead atoms. The maximum Gasteiger partial charge on any atom is 0.433 e. The van der Waals surface area contributed by atoms with Crippen LogP contribution in [0.3, 0.4) is 0 Å². The van der Waals surface area contributed by atoms with Gasteiger partial charge in [0.25, 0.3) is 5.91 Å². The second-order valence-corrected chi connectivity index (χ2v) is 12.2. The molecule has 2 atom stereocenters. The van der Waals surface area contributed by atoms with Crippen molar-refractivity contribution in [1.82, 2.24) is 14.7 Å². The van der Waals surface area contributed by atoms with Gasteiger partial charge in [-0.05, 0) is 57.6 Å². The van der Waals surface area contributed by atoms with Crippen molar-refractivity contribution in [3.05, 3.63) is 77.6 Å². The molecule has 5 rings (SSSR count). The molecule has 2 aromatic rings. The van der Waals surface area contributed by atoms with Crippen molar-refractivity contribution in [2.75, 3.05) is 13.2 Å². The molecule has 1 amide bonds. The maximum absolute atomic E-state index is 14.7. The average Bonchev–Trinajstić information content (AvgIpc) is 3.66. The number of benzene rings is 1. The lowest BCUT2D eigenvalue weighted by molar-refractivity contribution is -0.152. The Balaban J connectivity index is 1.47. The number of carbonyl (C=O) groups is 3. The molecule has 12 heteroatoms. The Labute approximate surface area is 259 Å². The highest BCUT2D eigenvalue weighted by atomic mass is 19.4. The first-order valence-corrected chi connectivity index (χ1v) is 15.0. The van der Waals surface area contributed by atoms with Crippen LogP contribution in [-0.4, -0.2) is 62.9 Å². The van der Waals surface area contributed by atoms with Crippen molar-refractivity contribution >= 4 is 23.9 Å². The van der Waals surface area contributed by atoms with Crippen molar-refractivity contribution in [3.63, 3.8) is 0 Å². The lowest BCUT2D eigenvalue weighted by Crippen LogP contribution is -2.42. The van der Waals surface area contributed by atoms with Crippen molar-refractivity contribution in [2.24, 2.45) is 16.3 Å². The summed E-state index contributed by atoms with van der Waals surface area (Å²) in [6, 6.07) is 7.22. The van der Waals surface area contributed by atoms with Crippen LogP contribution in [0.4, 0.5) is 13.2 Å². The number of dihydropyridines is 1. The van der Waals surface area contributed by atoms with Crippen LogP contribution in [0, 0.1) is 17.9 Å². The van der Waals surface area contributed by atoms with Crippen molar-refractivity contribution < 1.29 is 37.4 Å². The number of alkyl halides is 3. The fourth-order valence-electron chi connectivity index (χ4n) is 6.48. The molecule has 1 aliphatic carbocycles. The number of nitrogens with zero attached hydrogens (tertiary/aromatic N) is 4. The summed E-state index contributed by atoms with van der Waals surface area (Å²) in [6.45, 7) is 9.12. The number of ketones is 1. The van der Waals surface area contributed by atoms with E-state index in [2.05, 4.69) is 16.7 Å². The summed E-state index contributed by atoms with van der Waals surface area (Å²) in [6.07, 6.45) is -1.20. The molecule has 0 radical (unpaired) electrons. The Bertz CT molecular complexity index is 1540. The van der Waals surface area contributed by atoms with Crippen LogP contribution >= 0.6 is 0 Å². The molecule has 1 saturated heterocycles. The SMILES string of the molecule is C=C1C=N[CH+]C(CC)=C1C(=O)[C@H]1CC(COc2ccccc2)CN1C(=O)c1cnn(C2CCC(C)(C(=O)O)CC2)c1C(F)(F)F. The number of carboxylic acid groups (broad SMARTS) is 1. The quantitative estimate of drug-likeness (QED) is 0.337. The van der Waals surface area contributed by atoms with Crippen LogP contribution in [0.1, 0.15) is 74.5 Å². The normalized spacial score (nSPS) is 25.3. The van der Waals surface area contributed by atoms with Crippen LogP contribution in [0.25, 0.3) is 0 Å². The van der Waals surface area contributed by atoms with Crippen LogP contribution < -0.4 is 4.74 Å². The number of carboxylic acids is 1. The number of likely N-dealkylation sites (tertiary alicyclic amines) is 1. The molecular weight excluding hydrogens is 589 g/mol. The molecule has 1 saturated carbocycles. The predicted octanol–water partition coefficient (Wildman–Crippen LogP) is 6.10. The number of aliphatic carboxylic acids is 1. The van der Waals surface area contributed by atoms with E-state index in [1.54, 1.807) is 25.6 Å². The number of aromatic nitrogens is 2. The first-order chi connectivity index (χ1) is 21.3. The average molecular weight is 626 g/mol. The number of amides is 1. The molecule has 1 N–H and O–H groups in total. The van der Waals surface area contributed by atoms with Crippen LogP contribution in [-0.2, 0) is 15.8 Å². The highest BCUT2D eigenvalue weighted by molar-refractivity contribution is 6.12. The van der Waals surface area contributed by atoms with E-state index in [1.165, 1.54) is 11.1 Å². The molecule has 1 aromatic carbocycles. The third-order valence-electron chi connectivity index (χ3n) is 9.13. The second-order valence-electron chi connectivity index (χ2n) is 12.2. The highest BCUT2D eigenvalue weighted by Gasteiger charge is 2.49. The number of para-hydroxylation sites is 1. The summed E-state index contributed by atoms with van der Waals surface area (Å²) in [4.78, 5) is 45.2. The van der Waals surface area contributed by atoms with Gasteiger partial charge in [-0.1, -0.05) is 31.7 Å². The van der Waals surface area contributed by atoms with Crippen LogP contribution in [0.5, 0.6) is 5.75 Å². The monoisotopic (exact) mass is 625 g/mol. The summed E-state index contributed by atoms with van der Waals surface area (Å²) in [7, 11) is 0. The summed E-state index contributed by atoms with van der Waals surface area (Å²) < 4.78 is 50.7. The van der Waals surface area contributed by atoms with Gasteiger partial charge in [0.2, 0.25) is 5.78 Å². The van der Waals surface area contributed by atoms with Crippen molar-refractivity contribution in [2.45, 2.75) is 70.6 Å². The Hall–Kier alpha value is -4.35. The third kappa shape index (κ3) is 6.41. The molecule has 1 aromatic heterocycles. The Morgan fingerprint density at radius 2 is 1.87 bits per heavy atom. The number of ether oxygens (including phenoxy) is 1. The second kappa shape index (κ2) is 12.6. The first kappa shape index (κ1) is 32.1. The summed E-state index contributed by atoms with van der Waals surface area (Å²) >= 11 is 0. The zero-order valence-electron chi connectivity index (χ0n) is 25.2. The number of rotatable bonds is 9.